The van der Waals surface area contributed by atoms with Crippen LogP contribution in [0.25, 0.3) is 0 Å². The summed E-state index contributed by atoms with van der Waals surface area (Å²) in [5.74, 6) is 0.834. The molecule has 134 valence electrons. The summed E-state index contributed by atoms with van der Waals surface area (Å²) in [6.45, 7) is 9.05. The largest absolute Gasteiger partial charge is 0.372 e. The minimum atomic E-state index is -0.172. The van der Waals surface area contributed by atoms with Crippen LogP contribution in [-0.2, 0) is 20.9 Å². The molecular weight excluding hydrogens is 324 g/mol. The summed E-state index contributed by atoms with van der Waals surface area (Å²) in [5.41, 5.74) is 0.839. The van der Waals surface area contributed by atoms with Crippen LogP contribution < -0.4 is 0 Å². The number of aryl methyl sites for hydroxylation is 1. The van der Waals surface area contributed by atoms with Crippen molar-refractivity contribution in [2.45, 2.75) is 64.8 Å². The monoisotopic (exact) mass is 352 g/mol. The molecule has 1 amide bonds. The smallest absolute Gasteiger partial charge is 0.222 e. The van der Waals surface area contributed by atoms with Gasteiger partial charge in [0.1, 0.15) is 5.60 Å². The van der Waals surface area contributed by atoms with Crippen molar-refractivity contribution in [2.24, 2.45) is 5.92 Å². The van der Waals surface area contributed by atoms with E-state index in [1.807, 2.05) is 11.8 Å². The third kappa shape index (κ3) is 4.35. The quantitative estimate of drug-likeness (QED) is 0.789. The molecule has 2 aliphatic rings. The third-order valence-electron chi connectivity index (χ3n) is 4.83. The van der Waals surface area contributed by atoms with Gasteiger partial charge in [-0.15, -0.1) is 11.3 Å². The van der Waals surface area contributed by atoms with Crippen LogP contribution in [-0.4, -0.2) is 47.2 Å². The summed E-state index contributed by atoms with van der Waals surface area (Å²) in [6.07, 6.45) is 3.61. The molecule has 24 heavy (non-hydrogen) atoms. The van der Waals surface area contributed by atoms with Crippen molar-refractivity contribution in [1.29, 1.82) is 0 Å². The minimum Gasteiger partial charge on any atom is -0.372 e. The molecule has 1 spiro atoms. The molecule has 2 aliphatic heterocycles. The molecule has 3 rings (SSSR count). The molecule has 1 aromatic rings. The second kappa shape index (κ2) is 7.50. The van der Waals surface area contributed by atoms with Crippen LogP contribution in [0.5, 0.6) is 0 Å². The summed E-state index contributed by atoms with van der Waals surface area (Å²) in [6, 6.07) is 0. The Balaban J connectivity index is 1.44. The number of amides is 1. The Bertz CT molecular complexity index is 566. The number of hydrogen-bond acceptors (Lipinski definition) is 5. The molecular formula is C18H28N2O3S. The zero-order chi connectivity index (χ0) is 17.2. The zero-order valence-corrected chi connectivity index (χ0v) is 15.7. The number of hydrogen-bond donors (Lipinski definition) is 0. The van der Waals surface area contributed by atoms with E-state index >= 15 is 0 Å². The number of rotatable bonds is 6. The number of likely N-dealkylation sites (tertiary alicyclic amines) is 1. The van der Waals surface area contributed by atoms with Gasteiger partial charge in [0, 0.05) is 24.8 Å². The first-order valence-electron chi connectivity index (χ1n) is 8.90. The van der Waals surface area contributed by atoms with Gasteiger partial charge in [0.25, 0.3) is 0 Å². The van der Waals surface area contributed by atoms with Gasteiger partial charge in [-0.1, -0.05) is 13.8 Å². The standard InChI is InChI=1S/C18H28N2O3S/c1-13(2)4-5-17(21)20-11-18(12-20)8-16(6-7-23-18)22-9-15-10-24-14(3)19-15/h10,13,16H,4-9,11-12H2,1-3H3/t16-/m0/s1. The lowest BCUT2D eigenvalue weighted by Gasteiger charge is -2.53. The van der Waals surface area contributed by atoms with Crippen molar-refractivity contribution in [3.63, 3.8) is 0 Å². The van der Waals surface area contributed by atoms with E-state index in [-0.39, 0.29) is 17.6 Å². The van der Waals surface area contributed by atoms with Gasteiger partial charge in [0.2, 0.25) is 5.91 Å². The van der Waals surface area contributed by atoms with E-state index in [4.69, 9.17) is 9.47 Å². The Kier molecular flexibility index (Phi) is 5.57. The lowest BCUT2D eigenvalue weighted by atomic mass is 9.84. The Labute approximate surface area is 148 Å². The number of ether oxygens (including phenoxy) is 2. The first kappa shape index (κ1) is 17.8. The van der Waals surface area contributed by atoms with Gasteiger partial charge < -0.3 is 14.4 Å². The van der Waals surface area contributed by atoms with E-state index in [9.17, 15) is 4.79 Å². The Morgan fingerprint density at radius 2 is 2.33 bits per heavy atom. The van der Waals surface area contributed by atoms with E-state index in [1.54, 1.807) is 11.3 Å². The number of thiazole rings is 1. The molecule has 2 saturated heterocycles. The van der Waals surface area contributed by atoms with Crippen LogP contribution in [0, 0.1) is 12.8 Å². The molecule has 0 bridgehead atoms. The first-order chi connectivity index (χ1) is 11.5. The highest BCUT2D eigenvalue weighted by atomic mass is 32.1. The fourth-order valence-corrected chi connectivity index (χ4v) is 4.02. The van der Waals surface area contributed by atoms with Gasteiger partial charge in [-0.3, -0.25) is 4.79 Å². The van der Waals surface area contributed by atoms with E-state index in [0.29, 0.717) is 18.9 Å². The average molecular weight is 352 g/mol. The molecule has 5 nitrogen and oxygen atoms in total. The Morgan fingerprint density at radius 1 is 1.54 bits per heavy atom. The third-order valence-corrected chi connectivity index (χ3v) is 5.65. The lowest BCUT2D eigenvalue weighted by Crippen LogP contribution is -2.67. The van der Waals surface area contributed by atoms with E-state index in [0.717, 1.165) is 49.7 Å². The summed E-state index contributed by atoms with van der Waals surface area (Å²) < 4.78 is 12.1. The van der Waals surface area contributed by atoms with Crippen LogP contribution in [0.1, 0.15) is 50.2 Å². The van der Waals surface area contributed by atoms with E-state index in [2.05, 4.69) is 24.2 Å². The summed E-state index contributed by atoms with van der Waals surface area (Å²) in [7, 11) is 0. The number of carbonyl (C=O) groups excluding carboxylic acids is 1. The molecule has 1 aromatic heterocycles. The maximum atomic E-state index is 12.2. The van der Waals surface area contributed by atoms with Crippen LogP contribution in [0.15, 0.2) is 5.38 Å². The maximum Gasteiger partial charge on any atom is 0.222 e. The lowest BCUT2D eigenvalue weighted by molar-refractivity contribution is -0.202. The van der Waals surface area contributed by atoms with Crippen molar-refractivity contribution in [3.8, 4) is 0 Å². The van der Waals surface area contributed by atoms with Gasteiger partial charge in [0.15, 0.2) is 0 Å². The molecule has 0 unspecified atom stereocenters. The molecule has 0 aliphatic carbocycles. The predicted molar refractivity (Wildman–Crippen MR) is 94.0 cm³/mol. The molecule has 0 N–H and O–H groups in total. The SMILES string of the molecule is Cc1nc(CO[C@H]2CCOC3(C2)CN(C(=O)CCC(C)C)C3)cs1. The molecule has 0 aromatic carbocycles. The normalized spacial score (nSPS) is 22.8. The highest BCUT2D eigenvalue weighted by Crippen LogP contribution is 2.36. The maximum absolute atomic E-state index is 12.2. The Hall–Kier alpha value is -0.980. The van der Waals surface area contributed by atoms with Crippen LogP contribution in [0.4, 0.5) is 0 Å². The Morgan fingerprint density at radius 3 is 3.00 bits per heavy atom. The van der Waals surface area contributed by atoms with Crippen LogP contribution in [0.2, 0.25) is 0 Å². The number of carbonyl (C=O) groups is 1. The first-order valence-corrected chi connectivity index (χ1v) is 9.78. The average Bonchev–Trinajstić information content (AvgIpc) is 2.94. The van der Waals surface area contributed by atoms with Gasteiger partial charge >= 0.3 is 0 Å². The number of aromatic nitrogens is 1. The summed E-state index contributed by atoms with van der Waals surface area (Å²) in [5, 5.41) is 3.13. The van der Waals surface area contributed by atoms with E-state index < -0.39 is 0 Å². The van der Waals surface area contributed by atoms with Crippen molar-refractivity contribution in [2.75, 3.05) is 19.7 Å². The second-order valence-corrected chi connectivity index (χ2v) is 8.56. The van der Waals surface area contributed by atoms with Gasteiger partial charge in [-0.25, -0.2) is 4.98 Å². The fourth-order valence-electron chi connectivity index (χ4n) is 3.42. The topological polar surface area (TPSA) is 51.7 Å². The van der Waals surface area contributed by atoms with Crippen molar-refractivity contribution >= 4 is 17.2 Å². The molecule has 2 fully saturated rings. The highest BCUT2D eigenvalue weighted by Gasteiger charge is 2.49. The van der Waals surface area contributed by atoms with Crippen molar-refractivity contribution in [3.05, 3.63) is 16.1 Å². The number of nitrogens with zero attached hydrogens (tertiary/aromatic N) is 2. The minimum absolute atomic E-state index is 0.172. The van der Waals surface area contributed by atoms with Crippen LogP contribution in [0.3, 0.4) is 0 Å². The molecule has 0 saturated carbocycles. The molecule has 3 heterocycles. The molecule has 6 heteroatoms. The molecule has 1 atom stereocenters. The van der Waals surface area contributed by atoms with Gasteiger partial charge in [-0.2, -0.15) is 0 Å². The zero-order valence-electron chi connectivity index (χ0n) is 14.9. The fraction of sp³-hybridized carbons (Fsp3) is 0.778. The highest BCUT2D eigenvalue weighted by molar-refractivity contribution is 7.09. The summed E-state index contributed by atoms with van der Waals surface area (Å²) in [4.78, 5) is 18.6. The second-order valence-electron chi connectivity index (χ2n) is 7.50. The van der Waals surface area contributed by atoms with Gasteiger partial charge in [-0.05, 0) is 25.7 Å². The summed E-state index contributed by atoms with van der Waals surface area (Å²) >= 11 is 1.66. The van der Waals surface area contributed by atoms with Crippen molar-refractivity contribution in [1.82, 2.24) is 9.88 Å². The van der Waals surface area contributed by atoms with Crippen LogP contribution >= 0.6 is 11.3 Å². The predicted octanol–water partition coefficient (Wildman–Crippen LogP) is 3.16. The molecule has 0 radical (unpaired) electrons. The van der Waals surface area contributed by atoms with E-state index in [1.165, 1.54) is 0 Å². The van der Waals surface area contributed by atoms with Gasteiger partial charge in [0.05, 0.1) is 36.5 Å². The van der Waals surface area contributed by atoms with Crippen molar-refractivity contribution < 1.29 is 14.3 Å².